The van der Waals surface area contributed by atoms with Crippen LogP contribution in [0, 0.1) is 6.92 Å². The van der Waals surface area contributed by atoms with E-state index in [0.717, 1.165) is 25.2 Å². The standard InChI is InChI=1S/C13H17N3O/c1-11-8-15-16(10-11)6-5-14-9-12-3-2-4-13(17)7-12/h2-4,7-8,10,14,17H,5-6,9H2,1H3. The molecule has 2 rings (SSSR count). The smallest absolute Gasteiger partial charge is 0.115 e. The van der Waals surface area contributed by atoms with Crippen LogP contribution in [0.1, 0.15) is 11.1 Å². The molecule has 4 heteroatoms. The molecule has 0 fully saturated rings. The van der Waals surface area contributed by atoms with Crippen molar-refractivity contribution in [3.63, 3.8) is 0 Å². The van der Waals surface area contributed by atoms with Gasteiger partial charge in [-0.15, -0.1) is 0 Å². The van der Waals surface area contributed by atoms with Crippen LogP contribution in [0.5, 0.6) is 5.75 Å². The van der Waals surface area contributed by atoms with Crippen LogP contribution in [-0.4, -0.2) is 21.4 Å². The number of aromatic hydroxyl groups is 1. The van der Waals surface area contributed by atoms with Crippen LogP contribution in [0.3, 0.4) is 0 Å². The lowest BCUT2D eigenvalue weighted by atomic mass is 10.2. The number of hydrogen-bond donors (Lipinski definition) is 2. The molecule has 1 heterocycles. The van der Waals surface area contributed by atoms with E-state index in [0.29, 0.717) is 5.75 Å². The summed E-state index contributed by atoms with van der Waals surface area (Å²) < 4.78 is 1.92. The number of nitrogens with one attached hydrogen (secondary N) is 1. The Hall–Kier alpha value is -1.81. The summed E-state index contributed by atoms with van der Waals surface area (Å²) in [5, 5.41) is 16.8. The molecule has 0 saturated heterocycles. The summed E-state index contributed by atoms with van der Waals surface area (Å²) in [6.45, 7) is 4.50. The van der Waals surface area contributed by atoms with Gasteiger partial charge in [0.05, 0.1) is 12.7 Å². The fourth-order valence-corrected chi connectivity index (χ4v) is 1.68. The zero-order chi connectivity index (χ0) is 12.1. The number of aromatic nitrogens is 2. The van der Waals surface area contributed by atoms with Gasteiger partial charge in [-0.1, -0.05) is 12.1 Å². The second kappa shape index (κ2) is 5.50. The maximum atomic E-state index is 9.31. The van der Waals surface area contributed by atoms with Crippen LogP contribution in [0.2, 0.25) is 0 Å². The molecule has 0 amide bonds. The zero-order valence-electron chi connectivity index (χ0n) is 9.93. The van der Waals surface area contributed by atoms with Gasteiger partial charge in [0.2, 0.25) is 0 Å². The van der Waals surface area contributed by atoms with E-state index in [4.69, 9.17) is 0 Å². The van der Waals surface area contributed by atoms with E-state index in [2.05, 4.69) is 10.4 Å². The zero-order valence-corrected chi connectivity index (χ0v) is 9.93. The van der Waals surface area contributed by atoms with Gasteiger partial charge in [-0.05, 0) is 30.2 Å². The summed E-state index contributed by atoms with van der Waals surface area (Å²) in [5.41, 5.74) is 2.26. The molecule has 0 unspecified atom stereocenters. The number of phenolic OH excluding ortho intramolecular Hbond substituents is 1. The fourth-order valence-electron chi connectivity index (χ4n) is 1.68. The van der Waals surface area contributed by atoms with E-state index in [9.17, 15) is 5.11 Å². The number of benzene rings is 1. The van der Waals surface area contributed by atoms with Gasteiger partial charge in [0.25, 0.3) is 0 Å². The topological polar surface area (TPSA) is 50.1 Å². The second-order valence-electron chi connectivity index (χ2n) is 4.13. The first-order chi connectivity index (χ1) is 8.24. The van der Waals surface area contributed by atoms with Crippen LogP contribution in [0.4, 0.5) is 0 Å². The second-order valence-corrected chi connectivity index (χ2v) is 4.13. The molecule has 2 aromatic rings. The van der Waals surface area contributed by atoms with Gasteiger partial charge in [-0.3, -0.25) is 4.68 Å². The van der Waals surface area contributed by atoms with Gasteiger partial charge in [-0.2, -0.15) is 5.10 Å². The molecular weight excluding hydrogens is 214 g/mol. The van der Waals surface area contributed by atoms with Crippen molar-refractivity contribution >= 4 is 0 Å². The Morgan fingerprint density at radius 3 is 3.00 bits per heavy atom. The van der Waals surface area contributed by atoms with Crippen molar-refractivity contribution in [1.82, 2.24) is 15.1 Å². The van der Waals surface area contributed by atoms with Gasteiger partial charge in [0.15, 0.2) is 0 Å². The molecule has 0 saturated carbocycles. The number of phenols is 1. The van der Waals surface area contributed by atoms with Gasteiger partial charge < -0.3 is 10.4 Å². The van der Waals surface area contributed by atoms with Crippen LogP contribution in [-0.2, 0) is 13.1 Å². The van der Waals surface area contributed by atoms with Gasteiger partial charge >= 0.3 is 0 Å². The van der Waals surface area contributed by atoms with Gasteiger partial charge in [-0.25, -0.2) is 0 Å². The van der Waals surface area contributed by atoms with Crippen molar-refractivity contribution in [3.05, 3.63) is 47.8 Å². The summed E-state index contributed by atoms with van der Waals surface area (Å²) >= 11 is 0. The lowest BCUT2D eigenvalue weighted by Crippen LogP contribution is -2.19. The third kappa shape index (κ3) is 3.60. The Bertz CT molecular complexity index is 479. The Morgan fingerprint density at radius 1 is 1.41 bits per heavy atom. The third-order valence-electron chi connectivity index (χ3n) is 2.52. The summed E-state index contributed by atoms with van der Waals surface area (Å²) in [6.07, 6.45) is 3.88. The molecule has 0 aliphatic rings. The van der Waals surface area contributed by atoms with Crippen molar-refractivity contribution in [3.8, 4) is 5.75 Å². The third-order valence-corrected chi connectivity index (χ3v) is 2.52. The van der Waals surface area contributed by atoms with Crippen molar-refractivity contribution in [1.29, 1.82) is 0 Å². The summed E-state index contributed by atoms with van der Waals surface area (Å²) in [7, 11) is 0. The first-order valence-electron chi connectivity index (χ1n) is 5.72. The monoisotopic (exact) mass is 231 g/mol. The highest BCUT2D eigenvalue weighted by Crippen LogP contribution is 2.10. The van der Waals surface area contributed by atoms with Crippen LogP contribution in [0.25, 0.3) is 0 Å². The Kier molecular flexibility index (Phi) is 3.77. The van der Waals surface area contributed by atoms with Crippen LogP contribution >= 0.6 is 0 Å². The average Bonchev–Trinajstić information content (AvgIpc) is 2.71. The van der Waals surface area contributed by atoms with Crippen molar-refractivity contribution in [2.75, 3.05) is 6.54 Å². The molecule has 0 aliphatic heterocycles. The molecular formula is C13H17N3O. The number of aryl methyl sites for hydroxylation is 1. The molecule has 0 atom stereocenters. The van der Waals surface area contributed by atoms with Crippen LogP contribution < -0.4 is 5.32 Å². The Labute approximate surface area is 101 Å². The summed E-state index contributed by atoms with van der Waals surface area (Å²) in [4.78, 5) is 0. The minimum atomic E-state index is 0.312. The number of nitrogens with zero attached hydrogens (tertiary/aromatic N) is 2. The Balaban J connectivity index is 1.73. The molecule has 4 nitrogen and oxygen atoms in total. The van der Waals surface area contributed by atoms with E-state index in [1.54, 1.807) is 12.1 Å². The fraction of sp³-hybridized carbons (Fsp3) is 0.308. The van der Waals surface area contributed by atoms with Gasteiger partial charge in [0.1, 0.15) is 5.75 Å². The minimum Gasteiger partial charge on any atom is -0.508 e. The molecule has 0 spiro atoms. The first kappa shape index (κ1) is 11.7. The predicted octanol–water partition coefficient (Wildman–Crippen LogP) is 1.69. The molecule has 90 valence electrons. The van der Waals surface area contributed by atoms with E-state index in [1.807, 2.05) is 36.1 Å². The minimum absolute atomic E-state index is 0.312. The predicted molar refractivity (Wildman–Crippen MR) is 66.8 cm³/mol. The van der Waals surface area contributed by atoms with Crippen LogP contribution in [0.15, 0.2) is 36.7 Å². The van der Waals surface area contributed by atoms with E-state index < -0.39 is 0 Å². The summed E-state index contributed by atoms with van der Waals surface area (Å²) in [6, 6.07) is 7.29. The lowest BCUT2D eigenvalue weighted by Gasteiger charge is -2.05. The average molecular weight is 231 g/mol. The number of rotatable bonds is 5. The first-order valence-corrected chi connectivity index (χ1v) is 5.72. The molecule has 2 N–H and O–H groups in total. The van der Waals surface area contributed by atoms with Gasteiger partial charge in [0, 0.05) is 19.3 Å². The van der Waals surface area contributed by atoms with Crippen molar-refractivity contribution in [2.45, 2.75) is 20.0 Å². The molecule has 1 aromatic heterocycles. The Morgan fingerprint density at radius 2 is 2.29 bits per heavy atom. The van der Waals surface area contributed by atoms with Crippen molar-refractivity contribution in [2.24, 2.45) is 0 Å². The summed E-state index contributed by atoms with van der Waals surface area (Å²) in [5.74, 6) is 0.312. The normalized spacial score (nSPS) is 10.6. The van der Waals surface area contributed by atoms with E-state index in [1.165, 1.54) is 5.56 Å². The molecule has 0 radical (unpaired) electrons. The maximum Gasteiger partial charge on any atom is 0.115 e. The van der Waals surface area contributed by atoms with Crippen molar-refractivity contribution < 1.29 is 5.11 Å². The maximum absolute atomic E-state index is 9.31. The highest BCUT2D eigenvalue weighted by molar-refractivity contribution is 5.26. The quantitative estimate of drug-likeness (QED) is 0.770. The highest BCUT2D eigenvalue weighted by Gasteiger charge is 1.96. The van der Waals surface area contributed by atoms with E-state index in [-0.39, 0.29) is 0 Å². The highest BCUT2D eigenvalue weighted by atomic mass is 16.3. The molecule has 1 aromatic carbocycles. The number of hydrogen-bond acceptors (Lipinski definition) is 3. The molecule has 17 heavy (non-hydrogen) atoms. The molecule has 0 aliphatic carbocycles. The van der Waals surface area contributed by atoms with E-state index >= 15 is 0 Å². The molecule has 0 bridgehead atoms. The SMILES string of the molecule is Cc1cnn(CCNCc2cccc(O)c2)c1. The largest absolute Gasteiger partial charge is 0.508 e. The lowest BCUT2D eigenvalue weighted by molar-refractivity contribution is 0.473.